The summed E-state index contributed by atoms with van der Waals surface area (Å²) in [6.07, 6.45) is 5.09. The predicted octanol–water partition coefficient (Wildman–Crippen LogP) is 1.37. The molecule has 1 N–H and O–H groups in total. The Hall–Kier alpha value is -2.83. The topological polar surface area (TPSA) is 81.4 Å². The predicted molar refractivity (Wildman–Crippen MR) is 73.2 cm³/mol. The summed E-state index contributed by atoms with van der Waals surface area (Å²) >= 11 is 0. The minimum Gasteiger partial charge on any atom is -0.381 e. The lowest BCUT2D eigenvalue weighted by Gasteiger charge is -2.08. The van der Waals surface area contributed by atoms with E-state index in [1.165, 1.54) is 6.33 Å². The highest BCUT2D eigenvalue weighted by Gasteiger charge is 2.04. The lowest BCUT2D eigenvalue weighted by atomic mass is 10.2. The van der Waals surface area contributed by atoms with Gasteiger partial charge in [-0.1, -0.05) is 6.07 Å². The van der Waals surface area contributed by atoms with Crippen LogP contribution in [0.5, 0.6) is 0 Å². The Balaban J connectivity index is 1.77. The molecule has 0 aliphatic rings. The fourth-order valence-corrected chi connectivity index (χ4v) is 1.84. The molecule has 0 radical (unpaired) electrons. The molecule has 0 unspecified atom stereocenters. The first-order valence-corrected chi connectivity index (χ1v) is 6.16. The van der Waals surface area contributed by atoms with Gasteiger partial charge in [0.2, 0.25) is 0 Å². The quantitative estimate of drug-likeness (QED) is 0.769. The molecule has 0 atom stereocenters. The molecule has 0 aliphatic heterocycles. The first-order valence-electron chi connectivity index (χ1n) is 6.16. The van der Waals surface area contributed by atoms with Crippen LogP contribution in [0.4, 0.5) is 5.69 Å². The van der Waals surface area contributed by atoms with Crippen molar-refractivity contribution in [3.05, 3.63) is 54.4 Å². The molecule has 1 aromatic carbocycles. The Morgan fingerprint density at radius 2 is 2.05 bits per heavy atom. The molecule has 3 aromatic rings. The van der Waals surface area contributed by atoms with Crippen molar-refractivity contribution in [2.24, 2.45) is 0 Å². The number of anilines is 1. The highest BCUT2D eigenvalue weighted by atomic mass is 15.5. The molecule has 0 amide bonds. The summed E-state index contributed by atoms with van der Waals surface area (Å²) in [7, 11) is 0. The third-order valence-corrected chi connectivity index (χ3v) is 2.83. The summed E-state index contributed by atoms with van der Waals surface area (Å²) < 4.78 is 1.69. The second-order valence-corrected chi connectivity index (χ2v) is 4.29. The largest absolute Gasteiger partial charge is 0.381 e. The van der Waals surface area contributed by atoms with Crippen molar-refractivity contribution in [3.63, 3.8) is 0 Å². The average Bonchev–Trinajstić information content (AvgIpc) is 2.93. The van der Waals surface area contributed by atoms with Gasteiger partial charge >= 0.3 is 0 Å². The number of aryl methyl sites for hydroxylation is 1. The molecule has 0 bridgehead atoms. The van der Waals surface area contributed by atoms with Crippen LogP contribution in [0.1, 0.15) is 11.4 Å². The number of nitrogens with zero attached hydrogens (tertiary/aromatic N) is 6. The zero-order valence-electron chi connectivity index (χ0n) is 10.9. The van der Waals surface area contributed by atoms with E-state index in [0.717, 1.165) is 22.8 Å². The number of rotatable bonds is 4. The molecule has 100 valence electrons. The minimum atomic E-state index is 0.666. The van der Waals surface area contributed by atoms with Crippen molar-refractivity contribution in [1.82, 2.24) is 30.2 Å². The molecule has 2 heterocycles. The smallest absolute Gasteiger partial charge is 0.153 e. The van der Waals surface area contributed by atoms with Crippen LogP contribution < -0.4 is 5.32 Å². The fraction of sp³-hybridized carbons (Fsp3) is 0.154. The first-order chi connectivity index (χ1) is 9.83. The average molecular weight is 267 g/mol. The first kappa shape index (κ1) is 12.2. The van der Waals surface area contributed by atoms with Gasteiger partial charge in [-0.15, -0.1) is 5.10 Å². The summed E-state index contributed by atoms with van der Waals surface area (Å²) in [6, 6.07) is 7.90. The van der Waals surface area contributed by atoms with Gasteiger partial charge in [0.05, 0.1) is 5.69 Å². The van der Waals surface area contributed by atoms with Crippen LogP contribution >= 0.6 is 0 Å². The SMILES string of the molecule is Cc1nnnn1-c1cccc(NCc2cncnc2)c1. The second-order valence-electron chi connectivity index (χ2n) is 4.29. The molecular formula is C13H13N7. The van der Waals surface area contributed by atoms with Crippen LogP contribution in [0.2, 0.25) is 0 Å². The van der Waals surface area contributed by atoms with Crippen LogP contribution in [-0.4, -0.2) is 30.2 Å². The van der Waals surface area contributed by atoms with Gasteiger partial charge in [-0.05, 0) is 35.5 Å². The summed E-state index contributed by atoms with van der Waals surface area (Å²) in [5.41, 5.74) is 2.93. The summed E-state index contributed by atoms with van der Waals surface area (Å²) in [4.78, 5) is 7.97. The van der Waals surface area contributed by atoms with E-state index in [4.69, 9.17) is 0 Å². The molecule has 20 heavy (non-hydrogen) atoms. The van der Waals surface area contributed by atoms with E-state index in [1.54, 1.807) is 17.1 Å². The van der Waals surface area contributed by atoms with Gasteiger partial charge in [-0.25, -0.2) is 9.97 Å². The Kier molecular flexibility index (Phi) is 3.32. The Bertz CT molecular complexity index is 693. The highest BCUT2D eigenvalue weighted by molar-refractivity contribution is 5.51. The fourth-order valence-electron chi connectivity index (χ4n) is 1.84. The number of hydrogen-bond donors (Lipinski definition) is 1. The van der Waals surface area contributed by atoms with Gasteiger partial charge in [-0.3, -0.25) is 0 Å². The van der Waals surface area contributed by atoms with Crippen molar-refractivity contribution in [1.29, 1.82) is 0 Å². The van der Waals surface area contributed by atoms with Crippen LogP contribution in [0.15, 0.2) is 43.0 Å². The van der Waals surface area contributed by atoms with Crippen molar-refractivity contribution in [3.8, 4) is 5.69 Å². The maximum Gasteiger partial charge on any atom is 0.153 e. The molecule has 7 nitrogen and oxygen atoms in total. The van der Waals surface area contributed by atoms with Crippen molar-refractivity contribution < 1.29 is 0 Å². The Labute approximate surface area is 115 Å². The number of benzene rings is 1. The number of hydrogen-bond acceptors (Lipinski definition) is 6. The lowest BCUT2D eigenvalue weighted by Crippen LogP contribution is -2.03. The van der Waals surface area contributed by atoms with Gasteiger partial charge < -0.3 is 5.32 Å². The van der Waals surface area contributed by atoms with Gasteiger partial charge in [0.15, 0.2) is 5.82 Å². The van der Waals surface area contributed by atoms with E-state index < -0.39 is 0 Å². The maximum absolute atomic E-state index is 3.98. The number of tetrazole rings is 1. The molecule has 0 saturated carbocycles. The van der Waals surface area contributed by atoms with E-state index in [-0.39, 0.29) is 0 Å². The van der Waals surface area contributed by atoms with Gasteiger partial charge in [0.1, 0.15) is 6.33 Å². The number of nitrogens with one attached hydrogen (secondary N) is 1. The normalized spacial score (nSPS) is 10.4. The second kappa shape index (κ2) is 5.43. The van der Waals surface area contributed by atoms with E-state index >= 15 is 0 Å². The van der Waals surface area contributed by atoms with Crippen molar-refractivity contribution in [2.75, 3.05) is 5.32 Å². The van der Waals surface area contributed by atoms with Crippen molar-refractivity contribution >= 4 is 5.69 Å². The van der Waals surface area contributed by atoms with Gasteiger partial charge in [-0.2, -0.15) is 4.68 Å². The van der Waals surface area contributed by atoms with Crippen LogP contribution in [-0.2, 0) is 6.54 Å². The third kappa shape index (κ3) is 2.61. The van der Waals surface area contributed by atoms with Crippen LogP contribution in [0, 0.1) is 6.92 Å². The third-order valence-electron chi connectivity index (χ3n) is 2.83. The van der Waals surface area contributed by atoms with Gasteiger partial charge in [0.25, 0.3) is 0 Å². The summed E-state index contributed by atoms with van der Waals surface area (Å²) in [5, 5.41) is 14.8. The van der Waals surface area contributed by atoms with Crippen LogP contribution in [0.25, 0.3) is 5.69 Å². The van der Waals surface area contributed by atoms with Crippen LogP contribution in [0.3, 0.4) is 0 Å². The van der Waals surface area contributed by atoms with E-state index in [1.807, 2.05) is 31.2 Å². The molecule has 7 heteroatoms. The molecule has 0 saturated heterocycles. The minimum absolute atomic E-state index is 0.666. The monoisotopic (exact) mass is 267 g/mol. The number of aromatic nitrogens is 6. The highest BCUT2D eigenvalue weighted by Crippen LogP contribution is 2.15. The summed E-state index contributed by atoms with van der Waals surface area (Å²) in [6.45, 7) is 2.53. The molecule has 0 fully saturated rings. The molecule has 0 aliphatic carbocycles. The lowest BCUT2D eigenvalue weighted by molar-refractivity contribution is 0.779. The van der Waals surface area contributed by atoms with Crippen molar-refractivity contribution in [2.45, 2.75) is 13.5 Å². The Morgan fingerprint density at radius 1 is 1.20 bits per heavy atom. The van der Waals surface area contributed by atoms with E-state index in [0.29, 0.717) is 6.54 Å². The molecule has 3 rings (SSSR count). The maximum atomic E-state index is 3.98. The van der Waals surface area contributed by atoms with E-state index in [9.17, 15) is 0 Å². The zero-order valence-corrected chi connectivity index (χ0v) is 10.9. The molecule has 0 spiro atoms. The molecular weight excluding hydrogens is 254 g/mol. The molecule has 2 aromatic heterocycles. The Morgan fingerprint density at radius 3 is 2.80 bits per heavy atom. The van der Waals surface area contributed by atoms with Gasteiger partial charge in [0, 0.05) is 30.2 Å². The standard InChI is InChI=1S/C13H13N7/c1-10-17-18-19-20(10)13-4-2-3-12(5-13)16-8-11-6-14-9-15-7-11/h2-7,9,16H,8H2,1H3. The summed E-state index contributed by atoms with van der Waals surface area (Å²) in [5.74, 6) is 0.749. The zero-order chi connectivity index (χ0) is 13.8. The van der Waals surface area contributed by atoms with E-state index in [2.05, 4.69) is 30.8 Å².